The number of nitrogens with one attached hydrogen (secondary N) is 1. The predicted molar refractivity (Wildman–Crippen MR) is 136 cm³/mol. The fraction of sp³-hybridized carbons (Fsp3) is 0.111. The number of methoxy groups -OCH3 is 2. The van der Waals surface area contributed by atoms with Gasteiger partial charge in [0.2, 0.25) is 0 Å². The van der Waals surface area contributed by atoms with Crippen LogP contribution in [0.2, 0.25) is 0 Å². The zero-order valence-electron chi connectivity index (χ0n) is 19.7. The number of nitrogens with zero attached hydrogens (tertiary/aromatic N) is 2. The molecular formula is C27H25N3O6. The van der Waals surface area contributed by atoms with Gasteiger partial charge < -0.3 is 19.7 Å². The van der Waals surface area contributed by atoms with Crippen molar-refractivity contribution in [2.45, 2.75) is 6.42 Å². The number of hydrogen-bond donors (Lipinski definition) is 3. The number of hydrogen-bond acceptors (Lipinski definition) is 8. The van der Waals surface area contributed by atoms with Crippen LogP contribution in [0.5, 0.6) is 23.0 Å². The highest BCUT2D eigenvalue weighted by molar-refractivity contribution is 6.13. The smallest absolute Gasteiger partial charge is 0.272 e. The molecule has 1 heterocycles. The maximum atomic E-state index is 12.7. The van der Waals surface area contributed by atoms with Crippen LogP contribution in [0.1, 0.15) is 27.9 Å². The molecule has 3 rings (SSSR count). The summed E-state index contributed by atoms with van der Waals surface area (Å²) in [5, 5.41) is 23.6. The largest absolute Gasteiger partial charge is 0.504 e. The summed E-state index contributed by atoms with van der Waals surface area (Å²) in [5.74, 6) is -0.167. The van der Waals surface area contributed by atoms with Gasteiger partial charge in [-0.05, 0) is 59.7 Å². The van der Waals surface area contributed by atoms with E-state index in [1.54, 1.807) is 60.8 Å². The first-order valence-corrected chi connectivity index (χ1v) is 10.8. The second-order valence-corrected chi connectivity index (χ2v) is 7.46. The molecule has 2 aromatic carbocycles. The van der Waals surface area contributed by atoms with E-state index < -0.39 is 5.91 Å². The quantitative estimate of drug-likeness (QED) is 0.224. The Morgan fingerprint density at radius 3 is 2.11 bits per heavy atom. The number of hydrazone groups is 1. The molecule has 36 heavy (non-hydrogen) atoms. The number of amides is 1. The lowest BCUT2D eigenvalue weighted by Gasteiger charge is -2.05. The molecule has 0 unspecified atom stereocenters. The Hall–Kier alpha value is -4.92. The van der Waals surface area contributed by atoms with Gasteiger partial charge >= 0.3 is 0 Å². The Balaban J connectivity index is 1.79. The number of phenols is 2. The lowest BCUT2D eigenvalue weighted by Crippen LogP contribution is -2.20. The zero-order chi connectivity index (χ0) is 25.9. The number of aromatic hydroxyl groups is 2. The van der Waals surface area contributed by atoms with Crippen LogP contribution >= 0.6 is 0 Å². The summed E-state index contributed by atoms with van der Waals surface area (Å²) in [5.41, 5.74) is 4.40. The first-order valence-electron chi connectivity index (χ1n) is 10.8. The third kappa shape index (κ3) is 7.29. The predicted octanol–water partition coefficient (Wildman–Crippen LogP) is 3.98. The van der Waals surface area contributed by atoms with Gasteiger partial charge in [0, 0.05) is 12.4 Å². The third-order valence-electron chi connectivity index (χ3n) is 4.92. The van der Waals surface area contributed by atoms with Crippen molar-refractivity contribution in [2.24, 2.45) is 5.10 Å². The number of rotatable bonds is 10. The number of carbonyl (C=O) groups is 2. The molecule has 3 N–H and O–H groups in total. The van der Waals surface area contributed by atoms with Gasteiger partial charge in [-0.3, -0.25) is 14.6 Å². The third-order valence-corrected chi connectivity index (χ3v) is 4.92. The molecule has 0 aliphatic rings. The maximum absolute atomic E-state index is 12.7. The molecule has 9 heteroatoms. The van der Waals surface area contributed by atoms with E-state index in [2.05, 4.69) is 15.5 Å². The number of aromatic nitrogens is 1. The molecule has 0 aliphatic carbocycles. The van der Waals surface area contributed by atoms with E-state index in [0.717, 1.165) is 0 Å². The summed E-state index contributed by atoms with van der Waals surface area (Å²) in [4.78, 5) is 28.9. The van der Waals surface area contributed by atoms with Gasteiger partial charge in [0.05, 0.1) is 31.9 Å². The lowest BCUT2D eigenvalue weighted by atomic mass is 10.1. The van der Waals surface area contributed by atoms with E-state index in [-0.39, 0.29) is 35.2 Å². The van der Waals surface area contributed by atoms with E-state index in [9.17, 15) is 19.8 Å². The summed E-state index contributed by atoms with van der Waals surface area (Å²) in [6, 6.07) is 12.7. The highest BCUT2D eigenvalue weighted by Crippen LogP contribution is 2.27. The normalized spacial score (nSPS) is 11.6. The van der Waals surface area contributed by atoms with E-state index in [1.165, 1.54) is 38.6 Å². The first kappa shape index (κ1) is 25.7. The van der Waals surface area contributed by atoms with Crippen molar-refractivity contribution in [2.75, 3.05) is 14.2 Å². The summed E-state index contributed by atoms with van der Waals surface area (Å²) >= 11 is 0. The van der Waals surface area contributed by atoms with Crippen LogP contribution in [-0.2, 0) is 4.79 Å². The van der Waals surface area contributed by atoms with Gasteiger partial charge in [-0.25, -0.2) is 5.43 Å². The fourth-order valence-electron chi connectivity index (χ4n) is 3.03. The number of phenolic OH excluding ortho intramolecular Hbond substituents is 2. The second-order valence-electron chi connectivity index (χ2n) is 7.46. The average molecular weight is 488 g/mol. The standard InChI is InChI=1S/C27H25N3O6/c1-35-25-14-18(7-11-23(25)32)5-9-21(29-30-27(34)20-4-3-13-28-17-20)16-22(31)10-6-19-8-12-24(33)26(15-19)36-2/h3-15,17,32-33H,16H2,1-2H3,(H,30,34)/b9-5+,10-6+,29-21+. The van der Waals surface area contributed by atoms with Crippen LogP contribution < -0.4 is 14.9 Å². The number of pyridine rings is 1. The molecule has 9 nitrogen and oxygen atoms in total. The Labute approximate surface area is 208 Å². The Bertz CT molecular complexity index is 1320. The number of ketones is 1. The molecule has 3 aromatic rings. The van der Waals surface area contributed by atoms with Crippen LogP contribution in [0, 0.1) is 0 Å². The van der Waals surface area contributed by atoms with Crippen LogP contribution in [-0.4, -0.2) is 46.8 Å². The van der Waals surface area contributed by atoms with Crippen LogP contribution in [0.15, 0.2) is 78.2 Å². The fourth-order valence-corrected chi connectivity index (χ4v) is 3.03. The van der Waals surface area contributed by atoms with Crippen molar-refractivity contribution in [1.82, 2.24) is 10.4 Å². The molecule has 0 fully saturated rings. The van der Waals surface area contributed by atoms with Crippen molar-refractivity contribution in [3.63, 3.8) is 0 Å². The molecule has 0 spiro atoms. The first-order chi connectivity index (χ1) is 17.4. The minimum Gasteiger partial charge on any atom is -0.504 e. The van der Waals surface area contributed by atoms with Crippen LogP contribution in [0.4, 0.5) is 0 Å². The number of carbonyl (C=O) groups excluding carboxylic acids is 2. The van der Waals surface area contributed by atoms with Gasteiger partial charge in [-0.1, -0.05) is 24.3 Å². The van der Waals surface area contributed by atoms with Crippen molar-refractivity contribution >= 4 is 29.6 Å². The summed E-state index contributed by atoms with van der Waals surface area (Å²) in [7, 11) is 2.88. The van der Waals surface area contributed by atoms with Gasteiger partial charge in [0.25, 0.3) is 5.91 Å². The van der Waals surface area contributed by atoms with Crippen LogP contribution in [0.3, 0.4) is 0 Å². The minimum absolute atomic E-state index is 0.00143. The maximum Gasteiger partial charge on any atom is 0.272 e. The molecule has 0 bridgehead atoms. The molecule has 0 saturated heterocycles. The van der Waals surface area contributed by atoms with Crippen molar-refractivity contribution in [3.05, 3.63) is 89.8 Å². The Kier molecular flexibility index (Phi) is 8.94. The van der Waals surface area contributed by atoms with Crippen LogP contribution in [0.25, 0.3) is 12.2 Å². The monoisotopic (exact) mass is 487 g/mol. The molecule has 0 aliphatic heterocycles. The van der Waals surface area contributed by atoms with E-state index in [1.807, 2.05) is 0 Å². The van der Waals surface area contributed by atoms with Gasteiger partial charge in [-0.15, -0.1) is 0 Å². The summed E-state index contributed by atoms with van der Waals surface area (Å²) < 4.78 is 10.2. The van der Waals surface area contributed by atoms with Gasteiger partial charge in [-0.2, -0.15) is 5.10 Å². The summed E-state index contributed by atoms with van der Waals surface area (Å²) in [6.45, 7) is 0. The molecule has 184 valence electrons. The van der Waals surface area contributed by atoms with Crippen molar-refractivity contribution in [3.8, 4) is 23.0 Å². The second kappa shape index (κ2) is 12.5. The molecule has 0 radical (unpaired) electrons. The van der Waals surface area contributed by atoms with E-state index in [0.29, 0.717) is 22.4 Å². The van der Waals surface area contributed by atoms with Crippen molar-refractivity contribution < 1.29 is 29.3 Å². The zero-order valence-corrected chi connectivity index (χ0v) is 19.7. The molecule has 1 aromatic heterocycles. The Morgan fingerprint density at radius 1 is 0.944 bits per heavy atom. The van der Waals surface area contributed by atoms with E-state index in [4.69, 9.17) is 9.47 Å². The minimum atomic E-state index is -0.473. The van der Waals surface area contributed by atoms with Crippen molar-refractivity contribution in [1.29, 1.82) is 0 Å². The molecule has 1 amide bonds. The lowest BCUT2D eigenvalue weighted by molar-refractivity contribution is -0.113. The summed E-state index contributed by atoms with van der Waals surface area (Å²) in [6.07, 6.45) is 9.08. The van der Waals surface area contributed by atoms with Gasteiger partial charge in [0.15, 0.2) is 28.8 Å². The number of benzene rings is 2. The van der Waals surface area contributed by atoms with E-state index >= 15 is 0 Å². The average Bonchev–Trinajstić information content (AvgIpc) is 2.90. The topological polar surface area (TPSA) is 130 Å². The van der Waals surface area contributed by atoms with Gasteiger partial charge in [0.1, 0.15) is 0 Å². The molecule has 0 atom stereocenters. The number of ether oxygens (including phenoxy) is 2. The molecular weight excluding hydrogens is 462 g/mol. The number of allylic oxidation sites excluding steroid dienone is 2. The molecule has 0 saturated carbocycles. The highest BCUT2D eigenvalue weighted by Gasteiger charge is 2.08. The SMILES string of the molecule is COc1cc(/C=C/C(=O)CC(/C=C/c2ccc(O)c(OC)c2)=N/NC(=O)c2cccnc2)ccc1O. The Morgan fingerprint density at radius 2 is 1.56 bits per heavy atom. The highest BCUT2D eigenvalue weighted by atomic mass is 16.5.